The SMILES string of the molecule is COc1ncc(C2CCCO2)cc1C#N. The molecule has 0 radical (unpaired) electrons. The van der Waals surface area contributed by atoms with Crippen LogP contribution in [0.25, 0.3) is 0 Å². The predicted molar refractivity (Wildman–Crippen MR) is 53.4 cm³/mol. The molecule has 0 amide bonds. The van der Waals surface area contributed by atoms with Crippen LogP contribution in [0.15, 0.2) is 12.3 Å². The van der Waals surface area contributed by atoms with Crippen LogP contribution in [0.1, 0.15) is 30.1 Å². The normalized spacial score (nSPS) is 19.9. The standard InChI is InChI=1S/C11H12N2O2/c1-14-11-8(6-12)5-9(7-13-11)10-3-2-4-15-10/h5,7,10H,2-4H2,1H3. The summed E-state index contributed by atoms with van der Waals surface area (Å²) in [5.41, 5.74) is 1.43. The van der Waals surface area contributed by atoms with Crippen LogP contribution in [0.4, 0.5) is 0 Å². The van der Waals surface area contributed by atoms with E-state index < -0.39 is 0 Å². The summed E-state index contributed by atoms with van der Waals surface area (Å²) in [4.78, 5) is 4.09. The van der Waals surface area contributed by atoms with Gasteiger partial charge in [-0.3, -0.25) is 0 Å². The summed E-state index contributed by atoms with van der Waals surface area (Å²) in [6.07, 6.45) is 3.88. The molecule has 0 spiro atoms. The smallest absolute Gasteiger partial charge is 0.231 e. The molecule has 0 aromatic carbocycles. The van der Waals surface area contributed by atoms with Crippen molar-refractivity contribution in [2.45, 2.75) is 18.9 Å². The average molecular weight is 204 g/mol. The number of ether oxygens (including phenoxy) is 2. The maximum Gasteiger partial charge on any atom is 0.231 e. The largest absolute Gasteiger partial charge is 0.480 e. The first-order valence-electron chi connectivity index (χ1n) is 4.91. The van der Waals surface area contributed by atoms with E-state index in [9.17, 15) is 0 Å². The molecule has 1 aliphatic heterocycles. The lowest BCUT2D eigenvalue weighted by Gasteiger charge is -2.10. The number of rotatable bonds is 2. The number of methoxy groups -OCH3 is 1. The van der Waals surface area contributed by atoms with Crippen molar-refractivity contribution < 1.29 is 9.47 Å². The Balaban J connectivity index is 2.30. The van der Waals surface area contributed by atoms with Gasteiger partial charge >= 0.3 is 0 Å². The highest BCUT2D eigenvalue weighted by Gasteiger charge is 2.19. The summed E-state index contributed by atoms with van der Waals surface area (Å²) in [5.74, 6) is 0.374. The van der Waals surface area contributed by atoms with E-state index in [1.54, 1.807) is 12.3 Å². The number of nitriles is 1. The van der Waals surface area contributed by atoms with Gasteiger partial charge in [0.1, 0.15) is 11.6 Å². The van der Waals surface area contributed by atoms with Crippen molar-refractivity contribution in [1.82, 2.24) is 4.98 Å². The maximum absolute atomic E-state index is 8.91. The molecule has 0 saturated carbocycles. The number of hydrogen-bond donors (Lipinski definition) is 0. The van der Waals surface area contributed by atoms with Crippen molar-refractivity contribution in [2.24, 2.45) is 0 Å². The average Bonchev–Trinajstić information content (AvgIpc) is 2.81. The predicted octanol–water partition coefficient (Wildman–Crippen LogP) is 1.81. The zero-order chi connectivity index (χ0) is 10.7. The van der Waals surface area contributed by atoms with Crippen LogP contribution < -0.4 is 4.74 Å². The minimum absolute atomic E-state index is 0.0931. The van der Waals surface area contributed by atoms with Gasteiger partial charge in [-0.25, -0.2) is 4.98 Å². The second kappa shape index (κ2) is 4.28. The summed E-state index contributed by atoms with van der Waals surface area (Å²) >= 11 is 0. The third kappa shape index (κ3) is 1.92. The Labute approximate surface area is 88.5 Å². The fourth-order valence-electron chi connectivity index (χ4n) is 1.73. The molecule has 2 heterocycles. The molecule has 4 heteroatoms. The van der Waals surface area contributed by atoms with Crippen LogP contribution in [-0.4, -0.2) is 18.7 Å². The topological polar surface area (TPSA) is 55.1 Å². The van der Waals surface area contributed by atoms with Crippen molar-refractivity contribution in [3.63, 3.8) is 0 Å². The van der Waals surface area contributed by atoms with Gasteiger partial charge in [-0.15, -0.1) is 0 Å². The first kappa shape index (κ1) is 9.94. The molecule has 1 fully saturated rings. The van der Waals surface area contributed by atoms with E-state index in [2.05, 4.69) is 11.1 Å². The van der Waals surface area contributed by atoms with Crippen molar-refractivity contribution in [2.75, 3.05) is 13.7 Å². The maximum atomic E-state index is 8.91. The van der Waals surface area contributed by atoms with Gasteiger partial charge in [0.25, 0.3) is 0 Å². The van der Waals surface area contributed by atoms with Gasteiger partial charge in [0, 0.05) is 18.4 Å². The van der Waals surface area contributed by atoms with Crippen LogP contribution in [0, 0.1) is 11.3 Å². The minimum Gasteiger partial charge on any atom is -0.480 e. The Morgan fingerprint density at radius 3 is 3.13 bits per heavy atom. The van der Waals surface area contributed by atoms with Gasteiger partial charge in [-0.2, -0.15) is 5.26 Å². The third-order valence-electron chi connectivity index (χ3n) is 2.49. The molecule has 0 bridgehead atoms. The molecule has 1 aromatic heterocycles. The minimum atomic E-state index is 0.0931. The second-order valence-corrected chi connectivity index (χ2v) is 3.44. The summed E-state index contributed by atoms with van der Waals surface area (Å²) < 4.78 is 10.5. The van der Waals surface area contributed by atoms with Crippen LogP contribution in [-0.2, 0) is 4.74 Å². The Morgan fingerprint density at radius 2 is 2.53 bits per heavy atom. The van der Waals surface area contributed by atoms with Crippen LogP contribution in [0.3, 0.4) is 0 Å². The lowest BCUT2D eigenvalue weighted by atomic mass is 10.1. The van der Waals surface area contributed by atoms with Crippen LogP contribution in [0.2, 0.25) is 0 Å². The van der Waals surface area contributed by atoms with Crippen molar-refractivity contribution in [3.8, 4) is 11.9 Å². The van der Waals surface area contributed by atoms with E-state index in [1.165, 1.54) is 7.11 Å². The van der Waals surface area contributed by atoms with E-state index in [4.69, 9.17) is 14.7 Å². The zero-order valence-corrected chi connectivity index (χ0v) is 8.56. The monoisotopic (exact) mass is 204 g/mol. The van der Waals surface area contributed by atoms with E-state index in [-0.39, 0.29) is 6.10 Å². The Bertz CT molecular complexity index is 392. The molecular formula is C11H12N2O2. The number of aromatic nitrogens is 1. The lowest BCUT2D eigenvalue weighted by Crippen LogP contribution is -1.99. The van der Waals surface area contributed by atoms with Gasteiger partial charge in [0.15, 0.2) is 0 Å². The summed E-state index contributed by atoms with van der Waals surface area (Å²) in [6, 6.07) is 3.86. The number of pyridine rings is 1. The molecule has 1 atom stereocenters. The summed E-state index contributed by atoms with van der Waals surface area (Å²) in [6.45, 7) is 0.790. The lowest BCUT2D eigenvalue weighted by molar-refractivity contribution is 0.111. The summed E-state index contributed by atoms with van der Waals surface area (Å²) in [5, 5.41) is 8.91. The molecule has 1 unspecified atom stereocenters. The Morgan fingerprint density at radius 1 is 1.67 bits per heavy atom. The van der Waals surface area contributed by atoms with Gasteiger partial charge < -0.3 is 9.47 Å². The molecule has 2 rings (SSSR count). The quantitative estimate of drug-likeness (QED) is 0.737. The number of nitrogens with zero attached hydrogens (tertiary/aromatic N) is 2. The van der Waals surface area contributed by atoms with Crippen LogP contribution >= 0.6 is 0 Å². The van der Waals surface area contributed by atoms with Crippen molar-refractivity contribution >= 4 is 0 Å². The van der Waals surface area contributed by atoms with Gasteiger partial charge in [0.05, 0.1) is 13.2 Å². The first-order valence-corrected chi connectivity index (χ1v) is 4.91. The second-order valence-electron chi connectivity index (χ2n) is 3.44. The molecule has 78 valence electrons. The van der Waals surface area contributed by atoms with Gasteiger partial charge in [-0.1, -0.05) is 0 Å². The fraction of sp³-hybridized carbons (Fsp3) is 0.455. The highest BCUT2D eigenvalue weighted by molar-refractivity contribution is 5.40. The zero-order valence-electron chi connectivity index (χ0n) is 8.56. The van der Waals surface area contributed by atoms with E-state index >= 15 is 0 Å². The molecular weight excluding hydrogens is 192 g/mol. The highest BCUT2D eigenvalue weighted by Crippen LogP contribution is 2.29. The fourth-order valence-corrected chi connectivity index (χ4v) is 1.73. The first-order chi connectivity index (χ1) is 7.35. The molecule has 15 heavy (non-hydrogen) atoms. The molecule has 1 saturated heterocycles. The highest BCUT2D eigenvalue weighted by atomic mass is 16.5. The molecule has 1 aromatic rings. The Kier molecular flexibility index (Phi) is 2.84. The Hall–Kier alpha value is -1.60. The van der Waals surface area contributed by atoms with E-state index in [0.29, 0.717) is 11.4 Å². The number of hydrogen-bond acceptors (Lipinski definition) is 4. The molecule has 0 N–H and O–H groups in total. The van der Waals surface area contributed by atoms with Gasteiger partial charge in [0.2, 0.25) is 5.88 Å². The van der Waals surface area contributed by atoms with E-state index in [1.807, 2.05) is 0 Å². The molecule has 0 aliphatic carbocycles. The van der Waals surface area contributed by atoms with E-state index in [0.717, 1.165) is 25.0 Å². The van der Waals surface area contributed by atoms with Crippen LogP contribution in [0.5, 0.6) is 5.88 Å². The van der Waals surface area contributed by atoms with Crippen molar-refractivity contribution in [1.29, 1.82) is 5.26 Å². The van der Waals surface area contributed by atoms with Gasteiger partial charge in [-0.05, 0) is 18.9 Å². The third-order valence-corrected chi connectivity index (χ3v) is 2.49. The molecule has 4 nitrogen and oxygen atoms in total. The van der Waals surface area contributed by atoms with Crippen molar-refractivity contribution in [3.05, 3.63) is 23.4 Å². The molecule has 1 aliphatic rings. The summed E-state index contributed by atoms with van der Waals surface area (Å²) in [7, 11) is 1.51.